The molecule has 0 spiro atoms. The van der Waals surface area contributed by atoms with E-state index in [4.69, 9.17) is 5.73 Å². The third-order valence-corrected chi connectivity index (χ3v) is 3.54. The molecule has 0 atom stereocenters. The van der Waals surface area contributed by atoms with Gasteiger partial charge < -0.3 is 10.6 Å². The second kappa shape index (κ2) is 5.81. The van der Waals surface area contributed by atoms with Crippen molar-refractivity contribution in [2.24, 2.45) is 16.8 Å². The SMILES string of the molecule is NC(=O)CC1CCN(C(=O)C2=NNC(=O)CC2)CC1. The van der Waals surface area contributed by atoms with Crippen molar-refractivity contribution >= 4 is 23.4 Å². The molecule has 0 aromatic carbocycles. The molecule has 0 unspecified atom stereocenters. The Balaban J connectivity index is 1.86. The summed E-state index contributed by atoms with van der Waals surface area (Å²) in [7, 11) is 0. The third-order valence-electron chi connectivity index (χ3n) is 3.54. The minimum Gasteiger partial charge on any atom is -0.370 e. The highest BCUT2D eigenvalue weighted by Gasteiger charge is 2.27. The molecule has 2 rings (SSSR count). The average molecular weight is 266 g/mol. The van der Waals surface area contributed by atoms with E-state index in [9.17, 15) is 14.4 Å². The maximum absolute atomic E-state index is 12.1. The van der Waals surface area contributed by atoms with E-state index in [-0.39, 0.29) is 23.6 Å². The van der Waals surface area contributed by atoms with Gasteiger partial charge in [-0.15, -0.1) is 0 Å². The van der Waals surface area contributed by atoms with Crippen LogP contribution in [0, 0.1) is 5.92 Å². The van der Waals surface area contributed by atoms with Crippen molar-refractivity contribution in [1.29, 1.82) is 0 Å². The van der Waals surface area contributed by atoms with Crippen molar-refractivity contribution in [3.8, 4) is 0 Å². The van der Waals surface area contributed by atoms with E-state index in [1.807, 2.05) is 0 Å². The van der Waals surface area contributed by atoms with Crippen LogP contribution in [0.5, 0.6) is 0 Å². The van der Waals surface area contributed by atoms with Crippen LogP contribution in [-0.4, -0.2) is 41.4 Å². The van der Waals surface area contributed by atoms with Crippen LogP contribution in [0.1, 0.15) is 32.1 Å². The van der Waals surface area contributed by atoms with Gasteiger partial charge in [0.05, 0.1) is 0 Å². The molecule has 0 saturated carbocycles. The minimum absolute atomic E-state index is 0.113. The molecule has 3 amide bonds. The summed E-state index contributed by atoms with van der Waals surface area (Å²) in [4.78, 5) is 35.7. The number of nitrogens with one attached hydrogen (secondary N) is 1. The first-order valence-electron chi connectivity index (χ1n) is 6.49. The number of nitrogens with two attached hydrogens (primary N) is 1. The van der Waals surface area contributed by atoms with Crippen molar-refractivity contribution in [3.63, 3.8) is 0 Å². The largest absolute Gasteiger partial charge is 0.370 e. The molecule has 0 aromatic rings. The molecule has 1 saturated heterocycles. The number of hydrogen-bond donors (Lipinski definition) is 2. The fraction of sp³-hybridized carbons (Fsp3) is 0.667. The van der Waals surface area contributed by atoms with Gasteiger partial charge in [0.2, 0.25) is 11.8 Å². The number of rotatable bonds is 3. The zero-order chi connectivity index (χ0) is 13.8. The van der Waals surface area contributed by atoms with Gasteiger partial charge in [0, 0.05) is 32.4 Å². The first-order valence-corrected chi connectivity index (χ1v) is 6.49. The van der Waals surface area contributed by atoms with Crippen molar-refractivity contribution in [2.45, 2.75) is 32.1 Å². The summed E-state index contributed by atoms with van der Waals surface area (Å²) in [6, 6.07) is 0. The Kier molecular flexibility index (Phi) is 4.13. The van der Waals surface area contributed by atoms with Crippen LogP contribution in [0.15, 0.2) is 5.10 Å². The predicted molar refractivity (Wildman–Crippen MR) is 67.9 cm³/mol. The lowest BCUT2D eigenvalue weighted by Gasteiger charge is -2.32. The fourth-order valence-electron chi connectivity index (χ4n) is 2.44. The maximum Gasteiger partial charge on any atom is 0.270 e. The number of carbonyl (C=O) groups excluding carboxylic acids is 3. The van der Waals surface area contributed by atoms with Crippen molar-refractivity contribution in [3.05, 3.63) is 0 Å². The van der Waals surface area contributed by atoms with Gasteiger partial charge in [0.1, 0.15) is 5.71 Å². The Morgan fingerprint density at radius 1 is 1.32 bits per heavy atom. The normalized spacial score (nSPS) is 20.7. The Hall–Kier alpha value is -1.92. The number of amides is 3. The quantitative estimate of drug-likeness (QED) is 0.710. The number of piperidine rings is 1. The van der Waals surface area contributed by atoms with Gasteiger partial charge in [-0.1, -0.05) is 0 Å². The molecule has 3 N–H and O–H groups in total. The molecule has 104 valence electrons. The molecule has 19 heavy (non-hydrogen) atoms. The summed E-state index contributed by atoms with van der Waals surface area (Å²) < 4.78 is 0. The first kappa shape index (κ1) is 13.5. The lowest BCUT2D eigenvalue weighted by Crippen LogP contribution is -2.44. The maximum atomic E-state index is 12.1. The molecule has 1 fully saturated rings. The van der Waals surface area contributed by atoms with Crippen LogP contribution in [0.2, 0.25) is 0 Å². The van der Waals surface area contributed by atoms with Gasteiger partial charge in [0.25, 0.3) is 5.91 Å². The number of carbonyl (C=O) groups is 3. The van der Waals surface area contributed by atoms with Gasteiger partial charge in [-0.05, 0) is 18.8 Å². The molecule has 0 radical (unpaired) electrons. The molecule has 2 aliphatic rings. The Bertz CT molecular complexity index is 425. The zero-order valence-electron chi connectivity index (χ0n) is 10.7. The van der Waals surface area contributed by atoms with Crippen molar-refractivity contribution in [1.82, 2.24) is 10.3 Å². The summed E-state index contributed by atoms with van der Waals surface area (Å²) >= 11 is 0. The second-order valence-corrected chi connectivity index (χ2v) is 5.00. The number of nitrogens with zero attached hydrogens (tertiary/aromatic N) is 2. The molecule has 0 aliphatic carbocycles. The van der Waals surface area contributed by atoms with Gasteiger partial charge in [-0.25, -0.2) is 5.43 Å². The highest BCUT2D eigenvalue weighted by Crippen LogP contribution is 2.20. The molecular weight excluding hydrogens is 248 g/mol. The van der Waals surface area contributed by atoms with E-state index < -0.39 is 0 Å². The van der Waals surface area contributed by atoms with E-state index in [0.29, 0.717) is 38.1 Å². The van der Waals surface area contributed by atoms with Crippen LogP contribution < -0.4 is 11.2 Å². The van der Waals surface area contributed by atoms with Gasteiger partial charge >= 0.3 is 0 Å². The predicted octanol–water partition coefficient (Wildman–Crippen LogP) is -0.634. The summed E-state index contributed by atoms with van der Waals surface area (Å²) in [5, 5.41) is 3.80. The van der Waals surface area contributed by atoms with E-state index in [2.05, 4.69) is 10.5 Å². The molecule has 7 heteroatoms. The number of primary amides is 1. The van der Waals surface area contributed by atoms with Gasteiger partial charge in [0.15, 0.2) is 0 Å². The molecule has 7 nitrogen and oxygen atoms in total. The average Bonchev–Trinajstić information content (AvgIpc) is 2.39. The van der Waals surface area contributed by atoms with Gasteiger partial charge in [-0.3, -0.25) is 14.4 Å². The monoisotopic (exact) mass is 266 g/mol. The number of hydrazone groups is 1. The van der Waals surface area contributed by atoms with Crippen LogP contribution >= 0.6 is 0 Å². The summed E-state index contributed by atoms with van der Waals surface area (Å²) in [5.41, 5.74) is 7.91. The summed E-state index contributed by atoms with van der Waals surface area (Å²) in [6.07, 6.45) is 2.66. The van der Waals surface area contributed by atoms with E-state index in [1.54, 1.807) is 4.90 Å². The standard InChI is InChI=1S/C12H18N4O3/c13-10(17)7-8-3-5-16(6-4-8)12(19)9-1-2-11(18)15-14-9/h8H,1-7H2,(H2,13,17)(H,15,18). The number of likely N-dealkylation sites (tertiary alicyclic amines) is 1. The number of hydrogen-bond acceptors (Lipinski definition) is 4. The van der Waals surface area contributed by atoms with Crippen LogP contribution in [0.4, 0.5) is 0 Å². The molecule has 0 aromatic heterocycles. The third kappa shape index (κ3) is 3.52. The molecular formula is C12H18N4O3. The Morgan fingerprint density at radius 3 is 2.53 bits per heavy atom. The van der Waals surface area contributed by atoms with E-state index in [0.717, 1.165) is 12.8 Å². The summed E-state index contributed by atoms with van der Waals surface area (Å²) in [6.45, 7) is 1.23. The highest BCUT2D eigenvalue weighted by molar-refractivity contribution is 6.39. The molecule has 2 aliphatic heterocycles. The Morgan fingerprint density at radius 2 is 2.00 bits per heavy atom. The van der Waals surface area contributed by atoms with E-state index in [1.165, 1.54) is 0 Å². The summed E-state index contributed by atoms with van der Waals surface area (Å²) in [5.74, 6) is -0.284. The van der Waals surface area contributed by atoms with Crippen LogP contribution in [-0.2, 0) is 14.4 Å². The van der Waals surface area contributed by atoms with Gasteiger partial charge in [-0.2, -0.15) is 5.10 Å². The van der Waals surface area contributed by atoms with Crippen molar-refractivity contribution < 1.29 is 14.4 Å². The topological polar surface area (TPSA) is 105 Å². The fourth-order valence-corrected chi connectivity index (χ4v) is 2.44. The second-order valence-electron chi connectivity index (χ2n) is 5.00. The molecule has 2 heterocycles. The lowest BCUT2D eigenvalue weighted by molar-refractivity contribution is -0.126. The lowest BCUT2D eigenvalue weighted by atomic mass is 9.93. The molecule has 0 bridgehead atoms. The van der Waals surface area contributed by atoms with Crippen LogP contribution in [0.3, 0.4) is 0 Å². The van der Waals surface area contributed by atoms with Crippen molar-refractivity contribution in [2.75, 3.05) is 13.1 Å². The Labute approximate surface area is 111 Å². The first-order chi connectivity index (χ1) is 9.06. The highest BCUT2D eigenvalue weighted by atomic mass is 16.2. The zero-order valence-corrected chi connectivity index (χ0v) is 10.7. The van der Waals surface area contributed by atoms with Crippen LogP contribution in [0.25, 0.3) is 0 Å². The minimum atomic E-state index is -0.288. The van der Waals surface area contributed by atoms with E-state index >= 15 is 0 Å². The smallest absolute Gasteiger partial charge is 0.270 e.